The average molecular weight is 410 g/mol. The minimum Gasteiger partial charge on any atom is -0.486 e. The molecule has 0 radical (unpaired) electrons. The Balaban J connectivity index is 1.35. The predicted molar refractivity (Wildman–Crippen MR) is 115 cm³/mol. The van der Waals surface area contributed by atoms with Gasteiger partial charge in [-0.3, -0.25) is 9.69 Å². The van der Waals surface area contributed by atoms with Gasteiger partial charge in [0.1, 0.15) is 18.2 Å². The lowest BCUT2D eigenvalue weighted by molar-refractivity contribution is -0.117. The van der Waals surface area contributed by atoms with E-state index in [9.17, 15) is 4.79 Å². The molecule has 1 aromatic heterocycles. The fraction of sp³-hybridized carbons (Fsp3) is 0.273. The Bertz CT molecular complexity index is 974. The zero-order chi connectivity index (χ0) is 20.1. The molecule has 3 aromatic rings. The highest BCUT2D eigenvalue weighted by atomic mass is 32.1. The van der Waals surface area contributed by atoms with Crippen LogP contribution in [0.25, 0.3) is 10.6 Å². The molecule has 0 atom stereocenters. The van der Waals surface area contributed by atoms with Gasteiger partial charge in [0.05, 0.1) is 12.2 Å². The fourth-order valence-electron chi connectivity index (χ4n) is 3.13. The number of likely N-dealkylation sites (N-methyl/N-ethyl adjacent to an activating group) is 1. The van der Waals surface area contributed by atoms with Gasteiger partial charge in [0.2, 0.25) is 5.91 Å². The Hall–Kier alpha value is -2.90. The van der Waals surface area contributed by atoms with E-state index in [4.69, 9.17) is 14.5 Å². The number of amides is 1. The molecule has 0 aliphatic carbocycles. The van der Waals surface area contributed by atoms with Crippen LogP contribution in [0.1, 0.15) is 12.6 Å². The van der Waals surface area contributed by atoms with Gasteiger partial charge in [-0.2, -0.15) is 0 Å². The second-order valence-electron chi connectivity index (χ2n) is 6.72. The van der Waals surface area contributed by atoms with Crippen LogP contribution in [-0.2, 0) is 11.3 Å². The number of ether oxygens (including phenoxy) is 2. The van der Waals surface area contributed by atoms with Crippen molar-refractivity contribution in [2.45, 2.75) is 13.5 Å². The van der Waals surface area contributed by atoms with Gasteiger partial charge in [0.25, 0.3) is 0 Å². The molecule has 0 spiro atoms. The molecule has 1 amide bonds. The number of carbonyl (C=O) groups is 1. The zero-order valence-electron chi connectivity index (χ0n) is 16.3. The van der Waals surface area contributed by atoms with Crippen molar-refractivity contribution in [1.29, 1.82) is 0 Å². The molecule has 6 nitrogen and oxygen atoms in total. The number of rotatable bonds is 7. The standard InChI is InChI=1S/C22H23N3O3S/c1-2-25(13-18-15-29-22(24-18)16-6-4-3-5-7-16)14-21(26)23-17-8-9-19-20(12-17)28-11-10-27-19/h3-9,12,15H,2,10-11,13-14H2,1H3,(H,23,26). The summed E-state index contributed by atoms with van der Waals surface area (Å²) in [7, 11) is 0. The second-order valence-corrected chi connectivity index (χ2v) is 7.58. The fourth-order valence-corrected chi connectivity index (χ4v) is 3.94. The van der Waals surface area contributed by atoms with Crippen molar-refractivity contribution in [2.24, 2.45) is 0 Å². The first kappa shape index (κ1) is 19.4. The molecule has 29 heavy (non-hydrogen) atoms. The van der Waals surface area contributed by atoms with Gasteiger partial charge < -0.3 is 14.8 Å². The number of nitrogens with zero attached hydrogens (tertiary/aromatic N) is 2. The van der Waals surface area contributed by atoms with Crippen LogP contribution >= 0.6 is 11.3 Å². The molecule has 0 bridgehead atoms. The highest BCUT2D eigenvalue weighted by Gasteiger charge is 2.15. The molecule has 1 aliphatic heterocycles. The maximum absolute atomic E-state index is 12.5. The minimum absolute atomic E-state index is 0.0676. The molecule has 0 saturated heterocycles. The smallest absolute Gasteiger partial charge is 0.238 e. The minimum atomic E-state index is -0.0676. The lowest BCUT2D eigenvalue weighted by Crippen LogP contribution is -2.32. The topological polar surface area (TPSA) is 63.7 Å². The maximum atomic E-state index is 12.5. The molecular formula is C22H23N3O3S. The number of fused-ring (bicyclic) bond motifs is 1. The Morgan fingerprint density at radius 2 is 1.93 bits per heavy atom. The quantitative estimate of drug-likeness (QED) is 0.638. The van der Waals surface area contributed by atoms with Crippen LogP contribution in [0, 0.1) is 0 Å². The van der Waals surface area contributed by atoms with E-state index < -0.39 is 0 Å². The van der Waals surface area contributed by atoms with E-state index in [1.54, 1.807) is 17.4 Å². The summed E-state index contributed by atoms with van der Waals surface area (Å²) in [5, 5.41) is 6.00. The summed E-state index contributed by atoms with van der Waals surface area (Å²) in [5.41, 5.74) is 2.79. The Labute approximate surface area is 174 Å². The van der Waals surface area contributed by atoms with Gasteiger partial charge in [-0.15, -0.1) is 11.3 Å². The van der Waals surface area contributed by atoms with Crippen LogP contribution in [0.3, 0.4) is 0 Å². The van der Waals surface area contributed by atoms with Crippen molar-refractivity contribution in [3.05, 3.63) is 59.6 Å². The maximum Gasteiger partial charge on any atom is 0.238 e. The van der Waals surface area contributed by atoms with Crippen molar-refractivity contribution >= 4 is 22.9 Å². The van der Waals surface area contributed by atoms with Gasteiger partial charge in [-0.25, -0.2) is 4.98 Å². The van der Waals surface area contributed by atoms with Gasteiger partial charge in [-0.05, 0) is 18.7 Å². The summed E-state index contributed by atoms with van der Waals surface area (Å²) in [6.45, 7) is 4.80. The third kappa shape index (κ3) is 4.93. The van der Waals surface area contributed by atoms with Crippen LogP contribution in [0.2, 0.25) is 0 Å². The zero-order valence-corrected chi connectivity index (χ0v) is 17.1. The molecule has 1 aliphatic rings. The Morgan fingerprint density at radius 3 is 2.72 bits per heavy atom. The van der Waals surface area contributed by atoms with Crippen molar-refractivity contribution in [1.82, 2.24) is 9.88 Å². The number of benzene rings is 2. The highest BCUT2D eigenvalue weighted by molar-refractivity contribution is 7.13. The average Bonchev–Trinajstić information content (AvgIpc) is 3.22. The van der Waals surface area contributed by atoms with Crippen LogP contribution in [0.5, 0.6) is 11.5 Å². The molecule has 150 valence electrons. The second kappa shape index (κ2) is 9.07. The van der Waals surface area contributed by atoms with E-state index in [1.807, 2.05) is 37.3 Å². The molecular weight excluding hydrogens is 386 g/mol. The van der Waals surface area contributed by atoms with Crippen LogP contribution in [-0.4, -0.2) is 42.1 Å². The first-order chi connectivity index (χ1) is 14.2. The number of thiazole rings is 1. The van der Waals surface area contributed by atoms with Crippen molar-refractivity contribution in [3.8, 4) is 22.1 Å². The molecule has 7 heteroatoms. The Kier molecular flexibility index (Phi) is 6.07. The van der Waals surface area contributed by atoms with Crippen LogP contribution in [0.4, 0.5) is 5.69 Å². The summed E-state index contributed by atoms with van der Waals surface area (Å²) in [6.07, 6.45) is 0. The molecule has 2 aromatic carbocycles. The predicted octanol–water partition coefficient (Wildman–Crippen LogP) is 4.04. The van der Waals surface area contributed by atoms with E-state index in [0.29, 0.717) is 43.5 Å². The first-order valence-electron chi connectivity index (χ1n) is 9.63. The molecule has 1 N–H and O–H groups in total. The third-order valence-electron chi connectivity index (χ3n) is 4.60. The molecule has 0 unspecified atom stereocenters. The summed E-state index contributed by atoms with van der Waals surface area (Å²) in [6, 6.07) is 15.6. The van der Waals surface area contributed by atoms with Crippen molar-refractivity contribution in [3.63, 3.8) is 0 Å². The third-order valence-corrected chi connectivity index (χ3v) is 5.54. The summed E-state index contributed by atoms with van der Waals surface area (Å²) < 4.78 is 11.1. The van der Waals surface area contributed by atoms with Crippen LogP contribution < -0.4 is 14.8 Å². The van der Waals surface area contributed by atoms with E-state index in [0.717, 1.165) is 22.8 Å². The van der Waals surface area contributed by atoms with E-state index in [2.05, 4.69) is 27.7 Å². The largest absolute Gasteiger partial charge is 0.486 e. The van der Waals surface area contributed by atoms with Gasteiger partial charge in [0.15, 0.2) is 11.5 Å². The number of hydrogen-bond donors (Lipinski definition) is 1. The molecule has 0 fully saturated rings. The van der Waals surface area contributed by atoms with Gasteiger partial charge >= 0.3 is 0 Å². The highest BCUT2D eigenvalue weighted by Crippen LogP contribution is 2.32. The summed E-state index contributed by atoms with van der Waals surface area (Å²) >= 11 is 1.63. The summed E-state index contributed by atoms with van der Waals surface area (Å²) in [5.74, 6) is 1.31. The lowest BCUT2D eigenvalue weighted by atomic mass is 10.2. The summed E-state index contributed by atoms with van der Waals surface area (Å²) in [4.78, 5) is 19.3. The van der Waals surface area contributed by atoms with Crippen molar-refractivity contribution in [2.75, 3.05) is 31.6 Å². The molecule has 0 saturated carbocycles. The number of aromatic nitrogens is 1. The SMILES string of the molecule is CCN(CC(=O)Nc1ccc2c(c1)OCCO2)Cc1csc(-c2ccccc2)n1. The molecule has 2 heterocycles. The number of anilines is 1. The monoisotopic (exact) mass is 409 g/mol. The first-order valence-corrected chi connectivity index (χ1v) is 10.5. The normalized spacial score (nSPS) is 12.8. The number of hydrogen-bond acceptors (Lipinski definition) is 6. The Morgan fingerprint density at radius 1 is 1.14 bits per heavy atom. The van der Waals surface area contributed by atoms with E-state index in [1.165, 1.54) is 0 Å². The van der Waals surface area contributed by atoms with Crippen LogP contribution in [0.15, 0.2) is 53.9 Å². The number of nitrogens with one attached hydrogen (secondary N) is 1. The van der Waals surface area contributed by atoms with Gasteiger partial charge in [0, 0.05) is 29.2 Å². The van der Waals surface area contributed by atoms with Crippen molar-refractivity contribution < 1.29 is 14.3 Å². The molecule has 4 rings (SSSR count). The van der Waals surface area contributed by atoms with Gasteiger partial charge in [-0.1, -0.05) is 37.3 Å². The van der Waals surface area contributed by atoms with E-state index >= 15 is 0 Å². The number of carbonyl (C=O) groups excluding carboxylic acids is 1. The van der Waals surface area contributed by atoms with E-state index in [-0.39, 0.29) is 5.91 Å². The lowest BCUT2D eigenvalue weighted by Gasteiger charge is -2.20.